The Kier molecular flexibility index (Phi) is 4.93. The van der Waals surface area contributed by atoms with Crippen LogP contribution in [-0.2, 0) is 25.5 Å². The van der Waals surface area contributed by atoms with Crippen LogP contribution in [0, 0.1) is 0 Å². The van der Waals surface area contributed by atoms with Crippen LogP contribution in [0.25, 0.3) is 0 Å². The van der Waals surface area contributed by atoms with Crippen molar-refractivity contribution < 1.29 is 28.9 Å². The Morgan fingerprint density at radius 2 is 2.14 bits per heavy atom. The Bertz CT molecular complexity index is 489. The lowest BCUT2D eigenvalue weighted by molar-refractivity contribution is -0.146. The van der Waals surface area contributed by atoms with Crippen LogP contribution in [-0.4, -0.2) is 48.9 Å². The van der Waals surface area contributed by atoms with Crippen LogP contribution >= 0.6 is 0 Å². The SMILES string of the molecule is CC(O)(C=O)Cc1ccc(OCC(=O)OCC2CO2)cc1. The molecule has 1 N–H and O–H groups in total. The number of carbonyl (C=O) groups is 2. The Morgan fingerprint density at radius 1 is 1.48 bits per heavy atom. The number of hydrogen-bond donors (Lipinski definition) is 1. The zero-order valence-electron chi connectivity index (χ0n) is 11.8. The summed E-state index contributed by atoms with van der Waals surface area (Å²) in [4.78, 5) is 22.0. The van der Waals surface area contributed by atoms with Crippen molar-refractivity contribution in [1.82, 2.24) is 0 Å². The topological polar surface area (TPSA) is 85.4 Å². The van der Waals surface area contributed by atoms with Crippen LogP contribution in [0.2, 0.25) is 0 Å². The highest BCUT2D eigenvalue weighted by Crippen LogP contribution is 2.16. The first kappa shape index (κ1) is 15.5. The fraction of sp³-hybridized carbons (Fsp3) is 0.467. The quantitative estimate of drug-likeness (QED) is 0.427. The minimum Gasteiger partial charge on any atom is -0.482 e. The summed E-state index contributed by atoms with van der Waals surface area (Å²) in [6, 6.07) is 6.81. The van der Waals surface area contributed by atoms with Gasteiger partial charge in [0.1, 0.15) is 24.1 Å². The molecule has 0 spiro atoms. The van der Waals surface area contributed by atoms with Crippen LogP contribution in [0.15, 0.2) is 24.3 Å². The van der Waals surface area contributed by atoms with E-state index in [1.165, 1.54) is 6.92 Å². The van der Waals surface area contributed by atoms with E-state index in [1.807, 2.05) is 0 Å². The summed E-state index contributed by atoms with van der Waals surface area (Å²) in [7, 11) is 0. The van der Waals surface area contributed by atoms with Crippen LogP contribution in [0.1, 0.15) is 12.5 Å². The third-order valence-corrected chi connectivity index (χ3v) is 2.93. The molecule has 1 saturated heterocycles. The molecule has 6 nitrogen and oxygen atoms in total. The summed E-state index contributed by atoms with van der Waals surface area (Å²) < 4.78 is 15.1. The smallest absolute Gasteiger partial charge is 0.344 e. The summed E-state index contributed by atoms with van der Waals surface area (Å²) in [5.41, 5.74) is -0.579. The fourth-order valence-corrected chi connectivity index (χ4v) is 1.69. The van der Waals surface area contributed by atoms with E-state index in [0.717, 1.165) is 5.56 Å². The maximum atomic E-state index is 11.4. The molecule has 1 aliphatic rings. The Labute approximate surface area is 122 Å². The molecule has 2 rings (SSSR count). The molecule has 0 saturated carbocycles. The van der Waals surface area contributed by atoms with E-state index in [-0.39, 0.29) is 25.7 Å². The third-order valence-electron chi connectivity index (χ3n) is 2.93. The summed E-state index contributed by atoms with van der Waals surface area (Å²) >= 11 is 0. The van der Waals surface area contributed by atoms with E-state index in [4.69, 9.17) is 14.2 Å². The maximum absolute atomic E-state index is 11.4. The van der Waals surface area contributed by atoms with Gasteiger partial charge < -0.3 is 24.1 Å². The van der Waals surface area contributed by atoms with Gasteiger partial charge in [-0.3, -0.25) is 0 Å². The van der Waals surface area contributed by atoms with Crippen molar-refractivity contribution in [3.8, 4) is 5.75 Å². The first-order valence-electron chi connectivity index (χ1n) is 6.66. The lowest BCUT2D eigenvalue weighted by atomic mass is 9.98. The zero-order chi connectivity index (χ0) is 15.3. The lowest BCUT2D eigenvalue weighted by Gasteiger charge is -2.15. The summed E-state index contributed by atoms with van der Waals surface area (Å²) in [5.74, 6) is 0.0718. The highest BCUT2D eigenvalue weighted by molar-refractivity contribution is 5.71. The molecule has 1 heterocycles. The number of esters is 1. The Hall–Kier alpha value is -1.92. The van der Waals surface area contributed by atoms with Crippen LogP contribution in [0.4, 0.5) is 0 Å². The van der Waals surface area contributed by atoms with Gasteiger partial charge in [0.05, 0.1) is 6.61 Å². The molecule has 0 bridgehead atoms. The van der Waals surface area contributed by atoms with E-state index in [2.05, 4.69) is 0 Å². The van der Waals surface area contributed by atoms with E-state index in [0.29, 0.717) is 18.6 Å². The summed E-state index contributed by atoms with van der Waals surface area (Å²) in [6.07, 6.45) is 0.774. The third kappa shape index (κ3) is 5.53. The van der Waals surface area contributed by atoms with Crippen molar-refractivity contribution in [3.63, 3.8) is 0 Å². The number of aldehydes is 1. The molecule has 0 radical (unpaired) electrons. The van der Waals surface area contributed by atoms with Crippen molar-refractivity contribution >= 4 is 12.3 Å². The Balaban J connectivity index is 1.76. The highest BCUT2D eigenvalue weighted by Gasteiger charge is 2.24. The standard InChI is InChI=1S/C15H18O6/c1-15(18,10-16)6-11-2-4-12(5-3-11)20-9-14(17)21-8-13-7-19-13/h2-5,10,13,18H,6-9H2,1H3. The van der Waals surface area contributed by atoms with E-state index >= 15 is 0 Å². The van der Waals surface area contributed by atoms with Gasteiger partial charge in [-0.1, -0.05) is 12.1 Å². The number of benzene rings is 1. The van der Waals surface area contributed by atoms with Crippen molar-refractivity contribution in [1.29, 1.82) is 0 Å². The molecule has 114 valence electrons. The minimum absolute atomic E-state index is 0.0406. The Morgan fingerprint density at radius 3 is 2.71 bits per heavy atom. The number of ether oxygens (including phenoxy) is 3. The number of carbonyl (C=O) groups excluding carboxylic acids is 2. The second-order valence-electron chi connectivity index (χ2n) is 5.22. The maximum Gasteiger partial charge on any atom is 0.344 e. The van der Waals surface area contributed by atoms with E-state index < -0.39 is 11.6 Å². The normalized spacial score (nSPS) is 19.4. The average Bonchev–Trinajstić information content (AvgIpc) is 3.28. The molecular weight excluding hydrogens is 276 g/mol. The van der Waals surface area contributed by atoms with Crippen LogP contribution < -0.4 is 4.74 Å². The number of aliphatic hydroxyl groups is 1. The first-order chi connectivity index (χ1) is 9.98. The minimum atomic E-state index is -1.38. The molecule has 2 unspecified atom stereocenters. The largest absolute Gasteiger partial charge is 0.482 e. The lowest BCUT2D eigenvalue weighted by Crippen LogP contribution is -2.28. The molecule has 0 aliphatic carbocycles. The molecule has 0 aromatic heterocycles. The number of hydrogen-bond acceptors (Lipinski definition) is 6. The van der Waals surface area contributed by atoms with Gasteiger partial charge in [-0.2, -0.15) is 0 Å². The van der Waals surface area contributed by atoms with Crippen molar-refractivity contribution in [2.24, 2.45) is 0 Å². The fourth-order valence-electron chi connectivity index (χ4n) is 1.69. The van der Waals surface area contributed by atoms with Gasteiger partial charge in [-0.25, -0.2) is 4.79 Å². The molecule has 21 heavy (non-hydrogen) atoms. The van der Waals surface area contributed by atoms with Gasteiger partial charge in [0.25, 0.3) is 0 Å². The van der Waals surface area contributed by atoms with Gasteiger partial charge >= 0.3 is 5.97 Å². The second-order valence-corrected chi connectivity index (χ2v) is 5.22. The average molecular weight is 294 g/mol. The van der Waals surface area contributed by atoms with Gasteiger partial charge in [0.15, 0.2) is 12.9 Å². The highest BCUT2D eigenvalue weighted by atomic mass is 16.6. The molecule has 1 aliphatic heterocycles. The van der Waals surface area contributed by atoms with Crippen molar-refractivity contribution in [2.75, 3.05) is 19.8 Å². The predicted molar refractivity (Wildman–Crippen MR) is 73.0 cm³/mol. The molecule has 2 atom stereocenters. The second kappa shape index (κ2) is 6.69. The van der Waals surface area contributed by atoms with Crippen molar-refractivity contribution in [2.45, 2.75) is 25.0 Å². The molecular formula is C15H18O6. The molecule has 1 aromatic carbocycles. The number of epoxide rings is 1. The first-order valence-corrected chi connectivity index (χ1v) is 6.66. The van der Waals surface area contributed by atoms with Crippen LogP contribution in [0.5, 0.6) is 5.75 Å². The van der Waals surface area contributed by atoms with Gasteiger partial charge in [-0.05, 0) is 24.6 Å². The molecule has 6 heteroatoms. The van der Waals surface area contributed by atoms with Gasteiger partial charge in [0, 0.05) is 6.42 Å². The monoisotopic (exact) mass is 294 g/mol. The van der Waals surface area contributed by atoms with Crippen LogP contribution in [0.3, 0.4) is 0 Å². The molecule has 1 aromatic rings. The summed E-state index contributed by atoms with van der Waals surface area (Å²) in [6.45, 7) is 2.18. The molecule has 1 fully saturated rings. The summed E-state index contributed by atoms with van der Waals surface area (Å²) in [5, 5.41) is 9.66. The molecule has 0 amide bonds. The van der Waals surface area contributed by atoms with E-state index in [1.54, 1.807) is 24.3 Å². The number of rotatable bonds is 8. The zero-order valence-corrected chi connectivity index (χ0v) is 11.8. The van der Waals surface area contributed by atoms with Crippen molar-refractivity contribution in [3.05, 3.63) is 29.8 Å². The van der Waals surface area contributed by atoms with E-state index in [9.17, 15) is 14.7 Å². The van der Waals surface area contributed by atoms with Gasteiger partial charge in [-0.15, -0.1) is 0 Å². The predicted octanol–water partition coefficient (Wildman–Crippen LogP) is 0.500. The van der Waals surface area contributed by atoms with Gasteiger partial charge in [0.2, 0.25) is 0 Å².